The van der Waals surface area contributed by atoms with Crippen LogP contribution < -0.4 is 10.1 Å². The molecule has 0 saturated carbocycles. The molecule has 1 N–H and O–H groups in total. The maximum absolute atomic E-state index is 11.7. The van der Waals surface area contributed by atoms with Crippen molar-refractivity contribution >= 4 is 17.7 Å². The van der Waals surface area contributed by atoms with Gasteiger partial charge in [0, 0.05) is 11.8 Å². The number of rotatable bonds is 4. The molecule has 0 bridgehead atoms. The highest BCUT2D eigenvalue weighted by molar-refractivity contribution is 7.99. The van der Waals surface area contributed by atoms with Gasteiger partial charge in [-0.15, -0.1) is 0 Å². The highest BCUT2D eigenvalue weighted by Crippen LogP contribution is 2.17. The fraction of sp³-hybridized carbons (Fsp3) is 0.429. The average Bonchev–Trinajstić information content (AvgIpc) is 2.47. The number of hydrogen-bond donors (Lipinski definition) is 1. The third-order valence-electron chi connectivity index (χ3n) is 2.88. The third kappa shape index (κ3) is 4.49. The molecule has 19 heavy (non-hydrogen) atoms. The number of nitriles is 1. The lowest BCUT2D eigenvalue weighted by Crippen LogP contribution is -2.40. The predicted octanol–water partition coefficient (Wildman–Crippen LogP) is 1.95. The summed E-state index contributed by atoms with van der Waals surface area (Å²) in [5, 5.41) is 11.6. The summed E-state index contributed by atoms with van der Waals surface area (Å²) in [5.41, 5.74) is 0.580. The van der Waals surface area contributed by atoms with Crippen LogP contribution in [0.5, 0.6) is 5.75 Å². The van der Waals surface area contributed by atoms with Crippen LogP contribution in [0, 0.1) is 11.3 Å². The highest BCUT2D eigenvalue weighted by atomic mass is 32.2. The predicted molar refractivity (Wildman–Crippen MR) is 75.1 cm³/mol. The monoisotopic (exact) mass is 276 g/mol. The van der Waals surface area contributed by atoms with E-state index in [0.717, 1.165) is 18.6 Å². The average molecular weight is 276 g/mol. The minimum absolute atomic E-state index is 0.0209. The van der Waals surface area contributed by atoms with E-state index in [0.29, 0.717) is 11.3 Å². The zero-order chi connectivity index (χ0) is 13.5. The van der Waals surface area contributed by atoms with Gasteiger partial charge in [0.2, 0.25) is 0 Å². The molecule has 4 nitrogen and oxygen atoms in total. The number of carbonyl (C=O) groups is 1. The molecule has 1 aromatic rings. The van der Waals surface area contributed by atoms with E-state index in [-0.39, 0.29) is 18.6 Å². The second-order valence-corrected chi connectivity index (χ2v) is 5.56. The molecule has 1 saturated heterocycles. The molecular weight excluding hydrogens is 260 g/mol. The van der Waals surface area contributed by atoms with Crippen molar-refractivity contribution in [1.82, 2.24) is 5.32 Å². The lowest BCUT2D eigenvalue weighted by molar-refractivity contribution is -0.123. The molecule has 1 fully saturated rings. The van der Waals surface area contributed by atoms with Crippen molar-refractivity contribution in [3.8, 4) is 11.8 Å². The van der Waals surface area contributed by atoms with Gasteiger partial charge in [0.1, 0.15) is 5.75 Å². The molecule has 1 atom stereocenters. The van der Waals surface area contributed by atoms with Crippen molar-refractivity contribution in [3.63, 3.8) is 0 Å². The van der Waals surface area contributed by atoms with E-state index in [1.54, 1.807) is 24.3 Å². The summed E-state index contributed by atoms with van der Waals surface area (Å²) in [4.78, 5) is 11.7. The number of amides is 1. The maximum Gasteiger partial charge on any atom is 0.258 e. The van der Waals surface area contributed by atoms with Gasteiger partial charge in [0.15, 0.2) is 6.61 Å². The number of benzene rings is 1. The Morgan fingerprint density at radius 3 is 2.89 bits per heavy atom. The van der Waals surface area contributed by atoms with Crippen LogP contribution in [0.1, 0.15) is 18.4 Å². The summed E-state index contributed by atoms with van der Waals surface area (Å²) in [6.07, 6.45) is 2.21. The van der Waals surface area contributed by atoms with Crippen LogP contribution in [0.2, 0.25) is 0 Å². The quantitative estimate of drug-likeness (QED) is 0.913. The fourth-order valence-corrected chi connectivity index (χ4v) is 2.97. The first-order valence-electron chi connectivity index (χ1n) is 6.28. The van der Waals surface area contributed by atoms with Gasteiger partial charge in [-0.25, -0.2) is 0 Å². The molecule has 1 aliphatic heterocycles. The van der Waals surface area contributed by atoms with E-state index in [1.165, 1.54) is 5.75 Å². The zero-order valence-electron chi connectivity index (χ0n) is 10.6. The summed E-state index contributed by atoms with van der Waals surface area (Å²) in [5.74, 6) is 2.69. The number of carbonyl (C=O) groups excluding carboxylic acids is 1. The minimum Gasteiger partial charge on any atom is -0.484 e. The molecule has 100 valence electrons. The van der Waals surface area contributed by atoms with Crippen LogP contribution in [-0.2, 0) is 4.79 Å². The molecule has 0 spiro atoms. The molecule has 0 aliphatic carbocycles. The molecule has 2 rings (SSSR count). The standard InChI is InChI=1S/C14H16N2O2S/c15-8-11-3-5-13(6-4-11)18-9-14(17)16-12-2-1-7-19-10-12/h3-6,12H,1-2,7,9-10H2,(H,16,17). The van der Waals surface area contributed by atoms with Crippen LogP contribution in [0.4, 0.5) is 0 Å². The molecular formula is C14H16N2O2S. The van der Waals surface area contributed by atoms with Crippen LogP contribution >= 0.6 is 11.8 Å². The van der Waals surface area contributed by atoms with E-state index < -0.39 is 0 Å². The molecule has 5 heteroatoms. The Morgan fingerprint density at radius 2 is 2.26 bits per heavy atom. The molecule has 1 aliphatic rings. The van der Waals surface area contributed by atoms with Crippen molar-refractivity contribution in [1.29, 1.82) is 5.26 Å². The van der Waals surface area contributed by atoms with Gasteiger partial charge in [-0.3, -0.25) is 4.79 Å². The topological polar surface area (TPSA) is 62.1 Å². The van der Waals surface area contributed by atoms with Crippen molar-refractivity contribution in [3.05, 3.63) is 29.8 Å². The molecule has 1 unspecified atom stereocenters. The second-order valence-electron chi connectivity index (χ2n) is 4.41. The SMILES string of the molecule is N#Cc1ccc(OCC(=O)NC2CCCSC2)cc1. The van der Waals surface area contributed by atoms with Gasteiger partial charge in [0.25, 0.3) is 5.91 Å². The number of nitrogens with zero attached hydrogens (tertiary/aromatic N) is 1. The van der Waals surface area contributed by atoms with Crippen molar-refractivity contribution in [2.45, 2.75) is 18.9 Å². The molecule has 1 amide bonds. The van der Waals surface area contributed by atoms with E-state index in [9.17, 15) is 4.79 Å². The van der Waals surface area contributed by atoms with E-state index in [2.05, 4.69) is 5.32 Å². The number of nitrogens with one attached hydrogen (secondary N) is 1. The number of thioether (sulfide) groups is 1. The van der Waals surface area contributed by atoms with Crippen LogP contribution in [0.3, 0.4) is 0 Å². The summed E-state index contributed by atoms with van der Waals surface area (Å²) in [6, 6.07) is 9.05. The van der Waals surface area contributed by atoms with E-state index in [4.69, 9.17) is 10.00 Å². The van der Waals surface area contributed by atoms with Gasteiger partial charge in [0.05, 0.1) is 11.6 Å². The fourth-order valence-electron chi connectivity index (χ4n) is 1.90. The first-order valence-corrected chi connectivity index (χ1v) is 7.43. The Hall–Kier alpha value is -1.67. The Bertz CT molecular complexity index is 461. The van der Waals surface area contributed by atoms with Gasteiger partial charge >= 0.3 is 0 Å². The van der Waals surface area contributed by atoms with Gasteiger partial charge < -0.3 is 10.1 Å². The lowest BCUT2D eigenvalue weighted by atomic mass is 10.2. The minimum atomic E-state index is -0.0862. The zero-order valence-corrected chi connectivity index (χ0v) is 11.4. The summed E-state index contributed by atoms with van der Waals surface area (Å²) < 4.78 is 5.38. The van der Waals surface area contributed by atoms with Crippen LogP contribution in [0.25, 0.3) is 0 Å². The van der Waals surface area contributed by atoms with Gasteiger partial charge in [-0.05, 0) is 42.9 Å². The highest BCUT2D eigenvalue weighted by Gasteiger charge is 2.16. The van der Waals surface area contributed by atoms with Gasteiger partial charge in [-0.1, -0.05) is 0 Å². The van der Waals surface area contributed by atoms with Crippen molar-refractivity contribution in [2.75, 3.05) is 18.1 Å². The van der Waals surface area contributed by atoms with Crippen molar-refractivity contribution in [2.24, 2.45) is 0 Å². The summed E-state index contributed by atoms with van der Waals surface area (Å²) >= 11 is 1.88. The normalized spacial score (nSPS) is 18.4. The Kier molecular flexibility index (Phi) is 5.10. The Morgan fingerprint density at radius 1 is 1.47 bits per heavy atom. The lowest BCUT2D eigenvalue weighted by Gasteiger charge is -2.22. The maximum atomic E-state index is 11.7. The van der Waals surface area contributed by atoms with E-state index in [1.807, 2.05) is 17.8 Å². The number of ether oxygens (including phenoxy) is 1. The van der Waals surface area contributed by atoms with Crippen molar-refractivity contribution < 1.29 is 9.53 Å². The van der Waals surface area contributed by atoms with Gasteiger partial charge in [-0.2, -0.15) is 17.0 Å². The smallest absolute Gasteiger partial charge is 0.258 e. The van der Waals surface area contributed by atoms with Crippen LogP contribution in [-0.4, -0.2) is 30.1 Å². The number of hydrogen-bond acceptors (Lipinski definition) is 4. The largest absolute Gasteiger partial charge is 0.484 e. The molecule has 1 aromatic carbocycles. The van der Waals surface area contributed by atoms with E-state index >= 15 is 0 Å². The van der Waals surface area contributed by atoms with Crippen LogP contribution in [0.15, 0.2) is 24.3 Å². The first kappa shape index (κ1) is 13.8. The third-order valence-corrected chi connectivity index (χ3v) is 4.09. The summed E-state index contributed by atoms with van der Waals surface area (Å²) in [7, 11) is 0. The summed E-state index contributed by atoms with van der Waals surface area (Å²) in [6.45, 7) is 0.0209. The molecule has 0 radical (unpaired) electrons. The second kappa shape index (κ2) is 7.05. The first-order chi connectivity index (χ1) is 9.28. The Balaban J connectivity index is 1.74. The molecule has 0 aromatic heterocycles. The molecule has 1 heterocycles. The Labute approximate surface area is 117 Å².